The molecule has 0 saturated heterocycles. The maximum atomic E-state index is 5.36. The standard InChI is InChI=1S/C15H12NO.2C12H15N3.Os/c1-3-9-17-14-7-8-16-15(11-14)13-6-4-5-12(2)10-13;2*1-8-5-6-13-12(7-8)15-11(4)9(2)10(3)14-15;/h1,4-5,7-8,10-11H,9H2,2H3;2*5-7H,1-4H3;/q-1;;;+1. The minimum absolute atomic E-state index is 0. The van der Waals surface area contributed by atoms with Crippen molar-refractivity contribution in [3.05, 3.63) is 130 Å². The van der Waals surface area contributed by atoms with Crippen LogP contribution in [0, 0.1) is 80.7 Å². The largest absolute Gasteiger partial charge is 1.00 e. The Morgan fingerprint density at radius 2 is 1.17 bits per heavy atom. The molecule has 0 unspecified atom stereocenters. The van der Waals surface area contributed by atoms with Crippen LogP contribution in [0.4, 0.5) is 0 Å². The quantitative estimate of drug-likeness (QED) is 0.130. The van der Waals surface area contributed by atoms with Gasteiger partial charge in [-0.15, -0.1) is 41.8 Å². The van der Waals surface area contributed by atoms with Crippen LogP contribution in [-0.2, 0) is 19.8 Å². The van der Waals surface area contributed by atoms with Gasteiger partial charge in [-0.05, 0) is 120 Å². The summed E-state index contributed by atoms with van der Waals surface area (Å²) in [5.41, 5.74) is 12.3. The van der Waals surface area contributed by atoms with Gasteiger partial charge >= 0.3 is 19.8 Å². The first-order valence-electron chi connectivity index (χ1n) is 15.4. The third-order valence-corrected chi connectivity index (χ3v) is 7.83. The second-order valence-electron chi connectivity index (χ2n) is 11.4. The van der Waals surface area contributed by atoms with E-state index in [-0.39, 0.29) is 26.4 Å². The molecule has 9 heteroatoms. The van der Waals surface area contributed by atoms with Gasteiger partial charge in [-0.3, -0.25) is 0 Å². The van der Waals surface area contributed by atoms with Gasteiger partial charge in [-0.1, -0.05) is 12.8 Å². The Kier molecular flexibility index (Phi) is 13.5. The zero-order valence-corrected chi connectivity index (χ0v) is 31.6. The molecular weight excluding hydrogens is 773 g/mol. The van der Waals surface area contributed by atoms with Gasteiger partial charge in [0.05, 0.1) is 11.4 Å². The zero-order valence-electron chi connectivity index (χ0n) is 29.1. The summed E-state index contributed by atoms with van der Waals surface area (Å²) in [6.07, 6.45) is 10.5. The van der Waals surface area contributed by atoms with E-state index in [1.165, 1.54) is 27.8 Å². The molecule has 8 nitrogen and oxygen atoms in total. The Labute approximate surface area is 297 Å². The molecule has 5 aromatic heterocycles. The van der Waals surface area contributed by atoms with Gasteiger partial charge in [0.25, 0.3) is 0 Å². The summed E-state index contributed by atoms with van der Waals surface area (Å²) in [7, 11) is 0. The van der Waals surface area contributed by atoms with E-state index in [1.54, 1.807) is 12.3 Å². The summed E-state index contributed by atoms with van der Waals surface area (Å²) >= 11 is 0. The van der Waals surface area contributed by atoms with Gasteiger partial charge in [-0.25, -0.2) is 19.3 Å². The molecule has 0 fully saturated rings. The summed E-state index contributed by atoms with van der Waals surface area (Å²) in [6.45, 7) is 18.8. The maximum Gasteiger partial charge on any atom is 1.00 e. The van der Waals surface area contributed by atoms with Crippen molar-refractivity contribution < 1.29 is 24.5 Å². The normalized spacial score (nSPS) is 10.1. The Hall–Kier alpha value is -4.91. The van der Waals surface area contributed by atoms with Crippen LogP contribution >= 0.6 is 0 Å². The molecule has 1 radical (unpaired) electrons. The van der Waals surface area contributed by atoms with Gasteiger partial charge in [0.1, 0.15) is 12.4 Å². The van der Waals surface area contributed by atoms with Gasteiger partial charge in [0.15, 0.2) is 11.6 Å². The average Bonchev–Trinajstić information content (AvgIpc) is 3.48. The van der Waals surface area contributed by atoms with Crippen molar-refractivity contribution >= 4 is 0 Å². The summed E-state index contributed by atoms with van der Waals surface area (Å²) < 4.78 is 9.16. The molecule has 247 valence electrons. The SMILES string of the molecule is C#CCOc1ccnc(-c2[c-]ccc(C)c2)c1.Cc1ccnc(-n2nc(C)c(C)c2C)c1.Cc1ccnc(-n2nc(C)c(C)c2C)c1.[Os+]. The average molecular weight is 815 g/mol. The molecule has 0 amide bonds. The predicted molar refractivity (Wildman–Crippen MR) is 188 cm³/mol. The molecule has 6 rings (SSSR count). The maximum absolute atomic E-state index is 5.36. The Morgan fingerprint density at radius 1 is 0.667 bits per heavy atom. The van der Waals surface area contributed by atoms with E-state index < -0.39 is 0 Å². The fourth-order valence-electron chi connectivity index (χ4n) is 4.66. The van der Waals surface area contributed by atoms with Crippen molar-refractivity contribution in [2.75, 3.05) is 6.61 Å². The Balaban J connectivity index is 0.000000194. The van der Waals surface area contributed by atoms with E-state index in [2.05, 4.69) is 78.7 Å². The van der Waals surface area contributed by atoms with E-state index in [9.17, 15) is 0 Å². The monoisotopic (exact) mass is 816 g/mol. The fourth-order valence-corrected chi connectivity index (χ4v) is 4.66. The van der Waals surface area contributed by atoms with Gasteiger partial charge in [0, 0.05) is 30.0 Å². The molecule has 0 aliphatic heterocycles. The molecule has 0 atom stereocenters. The number of aryl methyl sites for hydroxylation is 5. The summed E-state index contributed by atoms with van der Waals surface area (Å²) in [5, 5.41) is 8.95. The first-order chi connectivity index (χ1) is 22.5. The number of hydrogen-bond acceptors (Lipinski definition) is 6. The topological polar surface area (TPSA) is 83.5 Å². The number of benzene rings is 1. The van der Waals surface area contributed by atoms with E-state index in [1.807, 2.05) is 91.1 Å². The van der Waals surface area contributed by atoms with Gasteiger partial charge in [0.2, 0.25) is 0 Å². The molecule has 0 aliphatic carbocycles. The third kappa shape index (κ3) is 9.56. The molecule has 5 heterocycles. The molecule has 6 aromatic rings. The number of terminal acetylenes is 1. The molecule has 0 spiro atoms. The van der Waals surface area contributed by atoms with Gasteiger partial charge in [-0.2, -0.15) is 10.2 Å². The van der Waals surface area contributed by atoms with Crippen molar-refractivity contribution in [1.82, 2.24) is 34.5 Å². The number of rotatable bonds is 5. The fraction of sp³-hybridized carbons (Fsp3) is 0.256. The molecule has 0 N–H and O–H groups in total. The van der Waals surface area contributed by atoms with Crippen LogP contribution in [0.25, 0.3) is 22.9 Å². The molecule has 1 aromatic carbocycles. The second-order valence-corrected chi connectivity index (χ2v) is 11.4. The van der Waals surface area contributed by atoms with Crippen LogP contribution in [0.15, 0.2) is 73.2 Å². The number of hydrogen-bond donors (Lipinski definition) is 0. The smallest absolute Gasteiger partial charge is 0.482 e. The predicted octanol–water partition coefficient (Wildman–Crippen LogP) is 7.87. The summed E-state index contributed by atoms with van der Waals surface area (Å²) in [5.74, 6) is 4.94. The number of nitrogens with zero attached hydrogens (tertiary/aromatic N) is 7. The van der Waals surface area contributed by atoms with Crippen molar-refractivity contribution in [2.24, 2.45) is 0 Å². The first kappa shape index (κ1) is 37.5. The molecule has 0 saturated carbocycles. The van der Waals surface area contributed by atoms with E-state index in [4.69, 9.17) is 11.2 Å². The molecular formula is C39H42N7OOs. The number of ether oxygens (including phenoxy) is 1. The van der Waals surface area contributed by atoms with E-state index >= 15 is 0 Å². The third-order valence-electron chi connectivity index (χ3n) is 7.83. The first-order valence-corrected chi connectivity index (χ1v) is 15.4. The van der Waals surface area contributed by atoms with Crippen LogP contribution in [0.5, 0.6) is 5.75 Å². The minimum Gasteiger partial charge on any atom is -0.482 e. The van der Waals surface area contributed by atoms with Crippen molar-refractivity contribution in [3.63, 3.8) is 0 Å². The number of pyridine rings is 3. The molecule has 48 heavy (non-hydrogen) atoms. The Bertz CT molecular complexity index is 1930. The van der Waals surface area contributed by atoms with Crippen LogP contribution in [0.2, 0.25) is 0 Å². The van der Waals surface area contributed by atoms with E-state index in [0.717, 1.165) is 51.4 Å². The zero-order chi connectivity index (χ0) is 34.1. The summed E-state index contributed by atoms with van der Waals surface area (Å²) in [6, 6.07) is 20.8. The summed E-state index contributed by atoms with van der Waals surface area (Å²) in [4.78, 5) is 12.9. The second kappa shape index (κ2) is 17.3. The van der Waals surface area contributed by atoms with Crippen molar-refractivity contribution in [3.8, 4) is 41.0 Å². The van der Waals surface area contributed by atoms with Gasteiger partial charge < -0.3 is 9.72 Å². The Morgan fingerprint density at radius 3 is 1.60 bits per heavy atom. The van der Waals surface area contributed by atoms with Crippen molar-refractivity contribution in [1.29, 1.82) is 0 Å². The van der Waals surface area contributed by atoms with E-state index in [0.29, 0.717) is 0 Å². The molecule has 0 bridgehead atoms. The van der Waals surface area contributed by atoms with Crippen LogP contribution < -0.4 is 4.74 Å². The number of aromatic nitrogens is 7. The molecule has 0 aliphatic rings. The van der Waals surface area contributed by atoms with Crippen LogP contribution in [0.3, 0.4) is 0 Å². The van der Waals surface area contributed by atoms with Crippen LogP contribution in [0.1, 0.15) is 50.6 Å². The van der Waals surface area contributed by atoms with Crippen LogP contribution in [-0.4, -0.2) is 41.1 Å². The van der Waals surface area contributed by atoms with Crippen molar-refractivity contribution in [2.45, 2.75) is 62.3 Å². The minimum atomic E-state index is 0.